The minimum atomic E-state index is -3.80. The highest BCUT2D eigenvalue weighted by Gasteiger charge is 2.26. The molecule has 1 aliphatic rings. The van der Waals surface area contributed by atoms with Crippen LogP contribution in [0.3, 0.4) is 0 Å². The number of hydrogen-bond acceptors (Lipinski definition) is 4. The van der Waals surface area contributed by atoms with Gasteiger partial charge in [0.15, 0.2) is 0 Å². The average molecular weight is 350 g/mol. The second-order valence-electron chi connectivity index (χ2n) is 5.84. The number of sulfonamides is 1. The maximum atomic E-state index is 12.4. The monoisotopic (exact) mass is 350 g/mol. The minimum Gasteiger partial charge on any atom is -0.345 e. The van der Waals surface area contributed by atoms with Crippen LogP contribution < -0.4 is 10.5 Å². The third-order valence-corrected chi connectivity index (χ3v) is 6.30. The molecule has 0 radical (unpaired) electrons. The van der Waals surface area contributed by atoms with Crippen LogP contribution >= 0.6 is 11.3 Å². The number of rotatable bonds is 3. The molecular weight excluding hydrogens is 332 g/mol. The second kappa shape index (κ2) is 5.74. The average Bonchev–Trinajstić information content (AvgIpc) is 3.02. The molecule has 122 valence electrons. The van der Waals surface area contributed by atoms with Crippen molar-refractivity contribution in [1.29, 1.82) is 0 Å². The first kappa shape index (κ1) is 16.2. The maximum absolute atomic E-state index is 12.4. The van der Waals surface area contributed by atoms with Crippen molar-refractivity contribution in [2.75, 3.05) is 0 Å². The second-order valence-corrected chi connectivity index (χ2v) is 8.63. The Labute approximate surface area is 139 Å². The zero-order valence-electron chi connectivity index (χ0n) is 12.9. The molecule has 0 aliphatic heterocycles. The Morgan fingerprint density at radius 2 is 2.04 bits per heavy atom. The molecule has 1 aromatic heterocycles. The van der Waals surface area contributed by atoms with E-state index in [0.717, 1.165) is 29.7 Å². The zero-order chi connectivity index (χ0) is 16.8. The van der Waals surface area contributed by atoms with Gasteiger partial charge in [0.05, 0.1) is 15.8 Å². The van der Waals surface area contributed by atoms with Crippen molar-refractivity contribution in [1.82, 2.24) is 5.32 Å². The molecule has 1 heterocycles. The zero-order valence-corrected chi connectivity index (χ0v) is 14.6. The molecule has 23 heavy (non-hydrogen) atoms. The van der Waals surface area contributed by atoms with Crippen LogP contribution in [0.15, 0.2) is 29.2 Å². The van der Waals surface area contributed by atoms with Gasteiger partial charge in [0.2, 0.25) is 10.0 Å². The Morgan fingerprint density at radius 3 is 2.70 bits per heavy atom. The Hall–Kier alpha value is -1.70. The predicted molar refractivity (Wildman–Crippen MR) is 90.1 cm³/mol. The Balaban J connectivity index is 1.82. The first-order valence-corrected chi connectivity index (χ1v) is 9.65. The van der Waals surface area contributed by atoms with Crippen molar-refractivity contribution < 1.29 is 13.2 Å². The van der Waals surface area contributed by atoms with E-state index in [0.29, 0.717) is 9.75 Å². The van der Waals surface area contributed by atoms with E-state index in [4.69, 9.17) is 5.14 Å². The van der Waals surface area contributed by atoms with Gasteiger partial charge in [-0.2, -0.15) is 0 Å². The molecule has 0 spiro atoms. The molecular formula is C16H18N2O3S2. The number of hydrogen-bond donors (Lipinski definition) is 2. The Bertz CT molecular complexity index is 885. The van der Waals surface area contributed by atoms with Gasteiger partial charge in [0, 0.05) is 4.88 Å². The molecule has 0 bridgehead atoms. The minimum absolute atomic E-state index is 0.0232. The molecule has 0 unspecified atom stereocenters. The summed E-state index contributed by atoms with van der Waals surface area (Å²) in [4.78, 5) is 13.4. The summed E-state index contributed by atoms with van der Waals surface area (Å²) in [6, 6.07) is 7.57. The molecule has 1 amide bonds. The third-order valence-electron chi connectivity index (χ3n) is 4.08. The fourth-order valence-electron chi connectivity index (χ4n) is 2.99. The molecule has 2 aromatic rings. The fourth-order valence-corrected chi connectivity index (χ4v) is 5.03. The summed E-state index contributed by atoms with van der Waals surface area (Å²) in [6.45, 7) is 3.70. The number of benzene rings is 1. The van der Waals surface area contributed by atoms with E-state index in [1.807, 2.05) is 6.07 Å². The van der Waals surface area contributed by atoms with Crippen LogP contribution in [0, 0.1) is 13.8 Å². The summed E-state index contributed by atoms with van der Waals surface area (Å²) in [6.07, 6.45) is 1.80. The highest BCUT2D eigenvalue weighted by molar-refractivity contribution is 7.89. The van der Waals surface area contributed by atoms with E-state index in [2.05, 4.69) is 24.4 Å². The van der Waals surface area contributed by atoms with Gasteiger partial charge in [-0.25, -0.2) is 13.6 Å². The van der Waals surface area contributed by atoms with Crippen molar-refractivity contribution in [3.05, 3.63) is 50.7 Å². The molecule has 1 aliphatic carbocycles. The number of aryl methyl sites for hydroxylation is 3. The van der Waals surface area contributed by atoms with Crippen LogP contribution in [-0.2, 0) is 16.4 Å². The molecule has 3 N–H and O–H groups in total. The van der Waals surface area contributed by atoms with Crippen LogP contribution in [0.1, 0.15) is 43.7 Å². The van der Waals surface area contributed by atoms with Gasteiger partial charge < -0.3 is 5.32 Å². The largest absolute Gasteiger partial charge is 0.345 e. The first-order chi connectivity index (χ1) is 10.8. The lowest BCUT2D eigenvalue weighted by Crippen LogP contribution is -2.26. The number of fused-ring (bicyclic) bond motifs is 1. The fraction of sp³-hybridized carbons (Fsp3) is 0.312. The Kier molecular flexibility index (Phi) is 4.03. The summed E-state index contributed by atoms with van der Waals surface area (Å²) in [5, 5.41) is 8.16. The van der Waals surface area contributed by atoms with Gasteiger partial charge in [0.25, 0.3) is 5.91 Å². The van der Waals surface area contributed by atoms with Crippen molar-refractivity contribution in [2.24, 2.45) is 5.14 Å². The summed E-state index contributed by atoms with van der Waals surface area (Å²) in [5.41, 5.74) is 3.62. The molecule has 0 saturated carbocycles. The normalized spacial score (nSPS) is 17.1. The number of carbonyl (C=O) groups excluding carboxylic acids is 1. The van der Waals surface area contributed by atoms with Crippen LogP contribution in [-0.4, -0.2) is 14.3 Å². The molecule has 7 heteroatoms. The van der Waals surface area contributed by atoms with Crippen LogP contribution in [0.25, 0.3) is 0 Å². The maximum Gasteiger partial charge on any atom is 0.261 e. The van der Waals surface area contributed by atoms with Gasteiger partial charge >= 0.3 is 0 Å². The lowest BCUT2D eigenvalue weighted by atomic mass is 10.1. The van der Waals surface area contributed by atoms with E-state index in [1.165, 1.54) is 17.2 Å². The summed E-state index contributed by atoms with van der Waals surface area (Å²) in [7, 11) is -3.80. The van der Waals surface area contributed by atoms with E-state index in [9.17, 15) is 13.2 Å². The SMILES string of the molecule is Cc1ccc2c(c1)CC[C@H]2NC(=O)c1cc(S(N)(=O)=O)c(C)s1. The molecule has 5 nitrogen and oxygen atoms in total. The number of amides is 1. The summed E-state index contributed by atoms with van der Waals surface area (Å²) in [5.74, 6) is -0.258. The Morgan fingerprint density at radius 1 is 1.30 bits per heavy atom. The lowest BCUT2D eigenvalue weighted by molar-refractivity contribution is 0.0940. The first-order valence-electron chi connectivity index (χ1n) is 7.29. The van der Waals surface area contributed by atoms with E-state index in [-0.39, 0.29) is 16.8 Å². The summed E-state index contributed by atoms with van der Waals surface area (Å²) < 4.78 is 23.0. The highest BCUT2D eigenvalue weighted by atomic mass is 32.2. The molecule has 3 rings (SSSR count). The van der Waals surface area contributed by atoms with Crippen molar-refractivity contribution in [2.45, 2.75) is 37.6 Å². The smallest absolute Gasteiger partial charge is 0.261 e. The van der Waals surface area contributed by atoms with E-state index in [1.54, 1.807) is 6.92 Å². The standard InChI is InChI=1S/C16H18N2O3S2/c1-9-3-5-12-11(7-9)4-6-13(12)18-16(19)14-8-15(10(2)22-14)23(17,20)21/h3,5,7-8,13H,4,6H2,1-2H3,(H,18,19)(H2,17,20,21)/t13-/m1/s1. The lowest BCUT2D eigenvalue weighted by Gasteiger charge is -2.13. The van der Waals surface area contributed by atoms with E-state index < -0.39 is 10.0 Å². The van der Waals surface area contributed by atoms with Crippen molar-refractivity contribution >= 4 is 27.3 Å². The third kappa shape index (κ3) is 3.17. The van der Waals surface area contributed by atoms with Gasteiger partial charge in [-0.15, -0.1) is 11.3 Å². The molecule has 0 saturated heterocycles. The molecule has 0 fully saturated rings. The molecule has 1 aromatic carbocycles. The predicted octanol–water partition coefficient (Wildman–Crippen LogP) is 2.43. The van der Waals surface area contributed by atoms with E-state index >= 15 is 0 Å². The van der Waals surface area contributed by atoms with Gasteiger partial charge in [-0.1, -0.05) is 23.8 Å². The number of nitrogens with one attached hydrogen (secondary N) is 1. The van der Waals surface area contributed by atoms with Gasteiger partial charge in [-0.3, -0.25) is 4.79 Å². The topological polar surface area (TPSA) is 89.3 Å². The molecule has 1 atom stereocenters. The van der Waals surface area contributed by atoms with Crippen LogP contribution in [0.5, 0.6) is 0 Å². The number of thiophene rings is 1. The van der Waals surface area contributed by atoms with Gasteiger partial charge in [-0.05, 0) is 43.9 Å². The number of nitrogens with two attached hydrogens (primary N) is 1. The highest BCUT2D eigenvalue weighted by Crippen LogP contribution is 2.32. The number of carbonyl (C=O) groups is 1. The van der Waals surface area contributed by atoms with Gasteiger partial charge in [0.1, 0.15) is 0 Å². The van der Waals surface area contributed by atoms with Crippen LogP contribution in [0.4, 0.5) is 0 Å². The number of primary sulfonamides is 1. The van der Waals surface area contributed by atoms with Crippen molar-refractivity contribution in [3.63, 3.8) is 0 Å². The quantitative estimate of drug-likeness (QED) is 0.891. The summed E-state index contributed by atoms with van der Waals surface area (Å²) >= 11 is 1.15. The van der Waals surface area contributed by atoms with Crippen LogP contribution in [0.2, 0.25) is 0 Å². The van der Waals surface area contributed by atoms with Crippen molar-refractivity contribution in [3.8, 4) is 0 Å².